The van der Waals surface area contributed by atoms with Gasteiger partial charge in [0.15, 0.2) is 5.82 Å². The van der Waals surface area contributed by atoms with Gasteiger partial charge in [0.2, 0.25) is 21.8 Å². The van der Waals surface area contributed by atoms with Crippen LogP contribution in [0.15, 0.2) is 33.7 Å². The number of carbonyl (C=O) groups excluding carboxylic acids is 1. The second-order valence-electron chi connectivity index (χ2n) is 9.78. The van der Waals surface area contributed by atoms with E-state index < -0.39 is 15.6 Å². The van der Waals surface area contributed by atoms with E-state index in [1.807, 2.05) is 41.5 Å². The van der Waals surface area contributed by atoms with E-state index in [-0.39, 0.29) is 22.1 Å². The maximum atomic E-state index is 12.9. The van der Waals surface area contributed by atoms with Crippen LogP contribution in [0.5, 0.6) is 0 Å². The van der Waals surface area contributed by atoms with Gasteiger partial charge in [0.1, 0.15) is 0 Å². The Morgan fingerprint density at radius 2 is 1.68 bits per heavy atom. The van der Waals surface area contributed by atoms with Crippen LogP contribution in [-0.4, -0.2) is 41.9 Å². The van der Waals surface area contributed by atoms with E-state index in [1.165, 1.54) is 4.31 Å². The molecule has 170 valence electrons. The highest BCUT2D eigenvalue weighted by atomic mass is 32.2. The molecular formula is C22H32N4O4S. The lowest BCUT2D eigenvalue weighted by molar-refractivity contribution is -0.128. The van der Waals surface area contributed by atoms with E-state index in [2.05, 4.69) is 15.5 Å². The molecule has 8 nitrogen and oxygen atoms in total. The molecule has 0 unspecified atom stereocenters. The first-order valence-corrected chi connectivity index (χ1v) is 12.0. The molecule has 0 atom stereocenters. The number of hydrogen-bond acceptors (Lipinski definition) is 6. The number of sulfonamides is 1. The van der Waals surface area contributed by atoms with Gasteiger partial charge in [-0.2, -0.15) is 9.29 Å². The highest BCUT2D eigenvalue weighted by molar-refractivity contribution is 7.89. The summed E-state index contributed by atoms with van der Waals surface area (Å²) >= 11 is 0. The number of piperidine rings is 1. The van der Waals surface area contributed by atoms with Gasteiger partial charge < -0.3 is 9.84 Å². The third-order valence-corrected chi connectivity index (χ3v) is 7.46. The highest BCUT2D eigenvalue weighted by Crippen LogP contribution is 2.27. The smallest absolute Gasteiger partial charge is 0.243 e. The zero-order chi connectivity index (χ0) is 23.0. The lowest BCUT2D eigenvalue weighted by Gasteiger charge is -2.32. The largest absolute Gasteiger partial charge is 0.344 e. The number of nitrogens with one attached hydrogen (secondary N) is 1. The molecule has 1 aromatic carbocycles. The quantitative estimate of drug-likeness (QED) is 0.753. The predicted molar refractivity (Wildman–Crippen MR) is 117 cm³/mol. The molecule has 0 radical (unpaired) electrons. The number of rotatable bonds is 5. The van der Waals surface area contributed by atoms with Gasteiger partial charge in [0.25, 0.3) is 0 Å². The summed E-state index contributed by atoms with van der Waals surface area (Å²) in [6, 6.07) is 6.84. The van der Waals surface area contributed by atoms with E-state index in [1.54, 1.807) is 24.3 Å². The Hall–Kier alpha value is -2.26. The Kier molecular flexibility index (Phi) is 6.30. The molecular weight excluding hydrogens is 416 g/mol. The van der Waals surface area contributed by atoms with Gasteiger partial charge in [0, 0.05) is 24.4 Å². The predicted octanol–water partition coefficient (Wildman–Crippen LogP) is 3.13. The first kappa shape index (κ1) is 23.4. The molecule has 31 heavy (non-hydrogen) atoms. The Morgan fingerprint density at radius 3 is 2.19 bits per heavy atom. The van der Waals surface area contributed by atoms with Crippen LogP contribution in [0.3, 0.4) is 0 Å². The van der Waals surface area contributed by atoms with Crippen molar-refractivity contribution in [3.05, 3.63) is 41.5 Å². The topological polar surface area (TPSA) is 105 Å². The minimum atomic E-state index is -3.55. The summed E-state index contributed by atoms with van der Waals surface area (Å²) in [4.78, 5) is 17.6. The van der Waals surface area contributed by atoms with Crippen LogP contribution in [0.1, 0.15) is 64.7 Å². The van der Waals surface area contributed by atoms with Crippen LogP contribution in [0, 0.1) is 12.8 Å². The number of hydrogen-bond donors (Lipinski definition) is 1. The monoisotopic (exact) mass is 448 g/mol. The number of aromatic nitrogens is 2. The van der Waals surface area contributed by atoms with Crippen molar-refractivity contribution < 1.29 is 17.7 Å². The third kappa shape index (κ3) is 5.15. The minimum absolute atomic E-state index is 0.125. The molecule has 0 spiro atoms. The fraction of sp³-hybridized carbons (Fsp3) is 0.591. The molecule has 0 bridgehead atoms. The fourth-order valence-corrected chi connectivity index (χ4v) is 4.94. The van der Waals surface area contributed by atoms with Crippen LogP contribution in [0.25, 0.3) is 0 Å². The van der Waals surface area contributed by atoms with Crippen molar-refractivity contribution >= 4 is 15.9 Å². The average Bonchev–Trinajstić information content (AvgIpc) is 3.20. The molecule has 9 heteroatoms. The van der Waals surface area contributed by atoms with Crippen molar-refractivity contribution in [1.29, 1.82) is 0 Å². The molecule has 1 saturated heterocycles. The van der Waals surface area contributed by atoms with Gasteiger partial charge in [-0.25, -0.2) is 8.42 Å². The summed E-state index contributed by atoms with van der Waals surface area (Å²) in [5.74, 6) is 0.543. The molecule has 1 aliphatic rings. The maximum absolute atomic E-state index is 12.9. The molecule has 1 aliphatic heterocycles. The first-order valence-electron chi connectivity index (χ1n) is 10.5. The van der Waals surface area contributed by atoms with Crippen molar-refractivity contribution in [2.75, 3.05) is 13.1 Å². The maximum Gasteiger partial charge on any atom is 0.243 e. The summed E-state index contributed by atoms with van der Waals surface area (Å²) in [5, 5.41) is 7.05. The van der Waals surface area contributed by atoms with E-state index in [0.29, 0.717) is 37.6 Å². The van der Waals surface area contributed by atoms with Crippen molar-refractivity contribution in [2.45, 2.75) is 70.2 Å². The molecule has 1 fully saturated rings. The summed E-state index contributed by atoms with van der Waals surface area (Å²) in [7, 11) is -3.55. The Bertz CT molecular complexity index is 1030. The summed E-state index contributed by atoms with van der Waals surface area (Å²) < 4.78 is 32.6. The van der Waals surface area contributed by atoms with Gasteiger partial charge in [-0.15, -0.1) is 0 Å². The Labute approximate surface area is 184 Å². The standard InChI is InChI=1S/C22H32N4O4S/c1-15-7-9-17(10-8-15)31(28,29)26-13-11-16(12-14-26)18(27)24-22(5,6)19-23-20(30-25-19)21(2,3)4/h7-10,16H,11-14H2,1-6H3,(H,24,27). The fourth-order valence-electron chi connectivity index (χ4n) is 3.47. The van der Waals surface area contributed by atoms with Gasteiger partial charge in [-0.3, -0.25) is 4.79 Å². The number of benzene rings is 1. The SMILES string of the molecule is Cc1ccc(S(=O)(=O)N2CCC(C(=O)NC(C)(C)c3noc(C(C)(C)C)n3)CC2)cc1. The van der Waals surface area contributed by atoms with Crippen LogP contribution < -0.4 is 5.32 Å². The minimum Gasteiger partial charge on any atom is -0.344 e. The second-order valence-corrected chi connectivity index (χ2v) is 11.7. The molecule has 3 rings (SSSR count). The zero-order valence-corrected chi connectivity index (χ0v) is 19.9. The second kappa shape index (κ2) is 8.35. The first-order chi connectivity index (χ1) is 14.3. The summed E-state index contributed by atoms with van der Waals surface area (Å²) in [6.45, 7) is 12.1. The normalized spacial score (nSPS) is 17.0. The Balaban J connectivity index is 1.62. The molecule has 1 amide bonds. The van der Waals surface area contributed by atoms with Crippen LogP contribution in [-0.2, 0) is 25.8 Å². The zero-order valence-electron chi connectivity index (χ0n) is 19.1. The number of carbonyl (C=O) groups is 1. The van der Waals surface area contributed by atoms with Crippen LogP contribution in [0.2, 0.25) is 0 Å². The van der Waals surface area contributed by atoms with E-state index in [4.69, 9.17) is 4.52 Å². The van der Waals surface area contributed by atoms with E-state index in [9.17, 15) is 13.2 Å². The van der Waals surface area contributed by atoms with Crippen molar-refractivity contribution in [3.63, 3.8) is 0 Å². The number of amides is 1. The van der Waals surface area contributed by atoms with Gasteiger partial charge in [-0.1, -0.05) is 43.6 Å². The van der Waals surface area contributed by atoms with Crippen molar-refractivity contribution in [3.8, 4) is 0 Å². The van der Waals surface area contributed by atoms with E-state index >= 15 is 0 Å². The van der Waals surface area contributed by atoms with Crippen LogP contribution >= 0.6 is 0 Å². The van der Waals surface area contributed by atoms with Gasteiger partial charge >= 0.3 is 0 Å². The molecule has 2 aromatic rings. The van der Waals surface area contributed by atoms with Crippen molar-refractivity contribution in [1.82, 2.24) is 19.8 Å². The molecule has 1 aromatic heterocycles. The van der Waals surface area contributed by atoms with Gasteiger partial charge in [-0.05, 0) is 45.7 Å². The van der Waals surface area contributed by atoms with Crippen LogP contribution in [0.4, 0.5) is 0 Å². The summed E-state index contributed by atoms with van der Waals surface area (Å²) in [5.41, 5.74) is -0.0656. The lowest BCUT2D eigenvalue weighted by atomic mass is 9.94. The Morgan fingerprint density at radius 1 is 1.10 bits per heavy atom. The highest BCUT2D eigenvalue weighted by Gasteiger charge is 2.36. The number of aryl methyl sites for hydroxylation is 1. The molecule has 1 N–H and O–H groups in total. The molecule has 0 aliphatic carbocycles. The average molecular weight is 449 g/mol. The molecule has 2 heterocycles. The molecule has 0 saturated carbocycles. The van der Waals surface area contributed by atoms with Crippen molar-refractivity contribution in [2.24, 2.45) is 5.92 Å². The third-order valence-electron chi connectivity index (χ3n) is 5.55. The number of nitrogens with zero attached hydrogens (tertiary/aromatic N) is 3. The van der Waals surface area contributed by atoms with Gasteiger partial charge in [0.05, 0.1) is 10.4 Å². The summed E-state index contributed by atoms with van der Waals surface area (Å²) in [6.07, 6.45) is 0.930. The lowest BCUT2D eigenvalue weighted by Crippen LogP contribution is -2.48. The van der Waals surface area contributed by atoms with E-state index in [0.717, 1.165) is 5.56 Å².